The quantitative estimate of drug-likeness (QED) is 0.771. The van der Waals surface area contributed by atoms with Crippen molar-refractivity contribution in [1.82, 2.24) is 0 Å². The van der Waals surface area contributed by atoms with Gasteiger partial charge in [0.15, 0.2) is 0 Å². The van der Waals surface area contributed by atoms with Crippen molar-refractivity contribution in [3.05, 3.63) is 23.8 Å². The first-order valence-corrected chi connectivity index (χ1v) is 9.23. The van der Waals surface area contributed by atoms with Crippen LogP contribution in [0.5, 0.6) is 0 Å². The number of thioether (sulfide) groups is 2. The van der Waals surface area contributed by atoms with Crippen LogP contribution in [0.4, 0.5) is 5.69 Å². The molecule has 0 aromatic heterocycles. The summed E-state index contributed by atoms with van der Waals surface area (Å²) in [5.41, 5.74) is 1.17. The largest absolute Gasteiger partial charge is 0.478 e. The Labute approximate surface area is 128 Å². The van der Waals surface area contributed by atoms with Gasteiger partial charge in [0.1, 0.15) is 0 Å². The van der Waals surface area contributed by atoms with Gasteiger partial charge >= 0.3 is 5.97 Å². The highest BCUT2D eigenvalue weighted by Gasteiger charge is 2.28. The molecule has 0 radical (unpaired) electrons. The molecule has 2 N–H and O–H groups in total. The van der Waals surface area contributed by atoms with Crippen LogP contribution < -0.4 is 5.32 Å². The van der Waals surface area contributed by atoms with E-state index in [1.165, 1.54) is 24.6 Å². The van der Waals surface area contributed by atoms with E-state index in [1.54, 1.807) is 0 Å². The summed E-state index contributed by atoms with van der Waals surface area (Å²) in [7, 11) is 0. The van der Waals surface area contributed by atoms with Gasteiger partial charge in [0.05, 0.1) is 11.3 Å². The molecule has 1 aromatic carbocycles. The number of aromatic carboxylic acids is 1. The first kappa shape index (κ1) is 15.6. The molecule has 1 aromatic rings. The third-order valence-electron chi connectivity index (χ3n) is 3.63. The molecule has 110 valence electrons. The van der Waals surface area contributed by atoms with Gasteiger partial charge in [0, 0.05) is 16.2 Å². The van der Waals surface area contributed by atoms with Crippen LogP contribution in [0.25, 0.3) is 0 Å². The van der Waals surface area contributed by atoms with Gasteiger partial charge in [-0.25, -0.2) is 4.79 Å². The normalized spacial score (nSPS) is 21.9. The number of rotatable bonds is 6. The third-order valence-corrected chi connectivity index (χ3v) is 5.74. The summed E-state index contributed by atoms with van der Waals surface area (Å²) in [4.78, 5) is 12.3. The minimum absolute atomic E-state index is 0.384. The standard InChI is InChI=1S/C15H21NO2S2/c1-3-20-12-8-4-6-10(12)16-11-7-5-9-13(19-2)14(11)15(17)18/h5,7,9-10,12,16H,3-4,6,8H2,1-2H3,(H,17,18). The van der Waals surface area contributed by atoms with Crippen LogP contribution in [0.3, 0.4) is 0 Å². The van der Waals surface area contributed by atoms with Crippen LogP contribution in [-0.2, 0) is 0 Å². The van der Waals surface area contributed by atoms with Crippen molar-refractivity contribution in [2.45, 2.75) is 42.4 Å². The van der Waals surface area contributed by atoms with Gasteiger partial charge in [-0.2, -0.15) is 11.8 Å². The third kappa shape index (κ3) is 3.44. The summed E-state index contributed by atoms with van der Waals surface area (Å²) < 4.78 is 0. The molecule has 3 nitrogen and oxygen atoms in total. The lowest BCUT2D eigenvalue weighted by Gasteiger charge is -2.23. The Morgan fingerprint density at radius 3 is 2.90 bits per heavy atom. The molecule has 2 unspecified atom stereocenters. The van der Waals surface area contributed by atoms with E-state index in [9.17, 15) is 9.90 Å². The second-order valence-corrected chi connectivity index (χ2v) is 7.23. The van der Waals surface area contributed by atoms with E-state index in [2.05, 4.69) is 12.2 Å². The summed E-state index contributed by atoms with van der Waals surface area (Å²) in [5, 5.41) is 13.5. The average Bonchev–Trinajstić information content (AvgIpc) is 2.86. The van der Waals surface area contributed by atoms with E-state index in [0.717, 1.165) is 22.8 Å². The van der Waals surface area contributed by atoms with Crippen LogP contribution >= 0.6 is 23.5 Å². The van der Waals surface area contributed by atoms with Crippen LogP contribution in [-0.4, -0.2) is 34.4 Å². The number of nitrogens with one attached hydrogen (secondary N) is 1. The number of anilines is 1. The molecule has 5 heteroatoms. The SMILES string of the molecule is CCSC1CCCC1Nc1cccc(SC)c1C(=O)O. The zero-order valence-corrected chi connectivity index (χ0v) is 13.5. The van der Waals surface area contributed by atoms with Crippen molar-refractivity contribution in [2.75, 3.05) is 17.3 Å². The van der Waals surface area contributed by atoms with Gasteiger partial charge in [-0.05, 0) is 37.0 Å². The molecule has 0 saturated heterocycles. The summed E-state index contributed by atoms with van der Waals surface area (Å²) in [6.45, 7) is 2.18. The highest BCUT2D eigenvalue weighted by Crippen LogP contribution is 2.34. The highest BCUT2D eigenvalue weighted by atomic mass is 32.2. The summed E-state index contributed by atoms with van der Waals surface area (Å²) in [6, 6.07) is 6.06. The number of hydrogen-bond donors (Lipinski definition) is 2. The van der Waals surface area contributed by atoms with Crippen LogP contribution in [0.2, 0.25) is 0 Å². The van der Waals surface area contributed by atoms with E-state index in [-0.39, 0.29) is 0 Å². The Morgan fingerprint density at radius 1 is 1.45 bits per heavy atom. The Morgan fingerprint density at radius 2 is 2.25 bits per heavy atom. The molecule has 1 aliphatic rings. The maximum absolute atomic E-state index is 11.5. The van der Waals surface area contributed by atoms with E-state index in [4.69, 9.17) is 0 Å². The number of carboxylic acids is 1. The van der Waals surface area contributed by atoms with Gasteiger partial charge < -0.3 is 10.4 Å². The molecule has 0 heterocycles. The average molecular weight is 311 g/mol. The van der Waals surface area contributed by atoms with Crippen molar-refractivity contribution < 1.29 is 9.90 Å². The van der Waals surface area contributed by atoms with Gasteiger partial charge in [0.2, 0.25) is 0 Å². The van der Waals surface area contributed by atoms with Crippen molar-refractivity contribution in [3.8, 4) is 0 Å². The number of carboxylic acid groups (broad SMARTS) is 1. The maximum Gasteiger partial charge on any atom is 0.338 e. The summed E-state index contributed by atoms with van der Waals surface area (Å²) in [5.74, 6) is 0.259. The zero-order valence-electron chi connectivity index (χ0n) is 11.9. The molecule has 0 bridgehead atoms. The van der Waals surface area contributed by atoms with Crippen molar-refractivity contribution in [3.63, 3.8) is 0 Å². The lowest BCUT2D eigenvalue weighted by molar-refractivity contribution is 0.0694. The van der Waals surface area contributed by atoms with Crippen molar-refractivity contribution >= 4 is 35.2 Å². The first-order chi connectivity index (χ1) is 9.67. The highest BCUT2D eigenvalue weighted by molar-refractivity contribution is 8.00. The number of hydrogen-bond acceptors (Lipinski definition) is 4. The Bertz CT molecular complexity index is 479. The molecule has 20 heavy (non-hydrogen) atoms. The fraction of sp³-hybridized carbons (Fsp3) is 0.533. The molecule has 2 rings (SSSR count). The smallest absolute Gasteiger partial charge is 0.338 e. The monoisotopic (exact) mass is 311 g/mol. The topological polar surface area (TPSA) is 49.3 Å². The first-order valence-electron chi connectivity index (χ1n) is 6.95. The molecule has 0 aliphatic heterocycles. The fourth-order valence-corrected chi connectivity index (χ4v) is 4.56. The predicted octanol–water partition coefficient (Wildman–Crippen LogP) is 4.19. The lowest BCUT2D eigenvalue weighted by atomic mass is 10.1. The molecular weight excluding hydrogens is 290 g/mol. The maximum atomic E-state index is 11.5. The zero-order chi connectivity index (χ0) is 14.5. The molecule has 0 amide bonds. The minimum atomic E-state index is -0.852. The van der Waals surface area contributed by atoms with Crippen molar-refractivity contribution in [1.29, 1.82) is 0 Å². The molecule has 1 aliphatic carbocycles. The lowest BCUT2D eigenvalue weighted by Crippen LogP contribution is -2.27. The Hall–Kier alpha value is -0.810. The van der Waals surface area contributed by atoms with Crippen LogP contribution in [0.15, 0.2) is 23.1 Å². The number of carbonyl (C=O) groups is 1. The van der Waals surface area contributed by atoms with E-state index in [1.807, 2.05) is 36.2 Å². The Balaban J connectivity index is 2.22. The molecule has 1 saturated carbocycles. The van der Waals surface area contributed by atoms with Gasteiger partial charge in [0.25, 0.3) is 0 Å². The minimum Gasteiger partial charge on any atom is -0.478 e. The van der Waals surface area contributed by atoms with Crippen LogP contribution in [0, 0.1) is 0 Å². The second kappa shape index (κ2) is 7.27. The molecular formula is C15H21NO2S2. The fourth-order valence-electron chi connectivity index (χ4n) is 2.75. The predicted molar refractivity (Wildman–Crippen MR) is 88.4 cm³/mol. The van der Waals surface area contributed by atoms with Gasteiger partial charge in [-0.15, -0.1) is 11.8 Å². The summed E-state index contributed by atoms with van der Waals surface area (Å²) >= 11 is 3.46. The van der Waals surface area contributed by atoms with Crippen LogP contribution in [0.1, 0.15) is 36.5 Å². The van der Waals surface area contributed by atoms with Gasteiger partial charge in [-0.1, -0.05) is 19.4 Å². The molecule has 1 fully saturated rings. The molecule has 0 spiro atoms. The number of benzene rings is 1. The van der Waals surface area contributed by atoms with E-state index < -0.39 is 5.97 Å². The van der Waals surface area contributed by atoms with E-state index in [0.29, 0.717) is 16.9 Å². The van der Waals surface area contributed by atoms with E-state index >= 15 is 0 Å². The Kier molecular flexibility index (Phi) is 5.66. The van der Waals surface area contributed by atoms with Gasteiger partial charge in [-0.3, -0.25) is 0 Å². The second-order valence-electron chi connectivity index (χ2n) is 4.86. The van der Waals surface area contributed by atoms with Crippen molar-refractivity contribution in [2.24, 2.45) is 0 Å². The summed E-state index contributed by atoms with van der Waals surface area (Å²) in [6.07, 6.45) is 5.48. The molecule has 2 atom stereocenters.